The van der Waals surface area contributed by atoms with Crippen molar-refractivity contribution in [3.63, 3.8) is 0 Å². The van der Waals surface area contributed by atoms with E-state index >= 15 is 0 Å². The molecular formula is C18H28FN3O. The van der Waals surface area contributed by atoms with Crippen LogP contribution in [0.15, 0.2) is 29.3 Å². The summed E-state index contributed by atoms with van der Waals surface area (Å²) in [4.78, 5) is 4.48. The molecule has 0 aliphatic heterocycles. The van der Waals surface area contributed by atoms with Crippen LogP contribution in [0, 0.1) is 11.7 Å². The van der Waals surface area contributed by atoms with Crippen LogP contribution in [0.2, 0.25) is 0 Å². The summed E-state index contributed by atoms with van der Waals surface area (Å²) in [5.74, 6) is 1.26. The Kier molecular flexibility index (Phi) is 6.84. The highest BCUT2D eigenvalue weighted by Crippen LogP contribution is 2.23. The molecule has 5 heteroatoms. The van der Waals surface area contributed by atoms with Gasteiger partial charge in [0.25, 0.3) is 0 Å². The first-order chi connectivity index (χ1) is 11.1. The Morgan fingerprint density at radius 2 is 1.91 bits per heavy atom. The summed E-state index contributed by atoms with van der Waals surface area (Å²) in [6.45, 7) is 5.36. The Labute approximate surface area is 138 Å². The smallest absolute Gasteiger partial charge is 0.191 e. The minimum atomic E-state index is -0.725. The third-order valence-electron chi connectivity index (χ3n) is 4.38. The lowest BCUT2D eigenvalue weighted by molar-refractivity contribution is 0.187. The molecule has 128 valence electrons. The molecule has 3 N–H and O–H groups in total. The van der Waals surface area contributed by atoms with Gasteiger partial charge in [0.05, 0.1) is 12.6 Å². The Balaban J connectivity index is 1.91. The van der Waals surface area contributed by atoms with Gasteiger partial charge in [0, 0.05) is 12.6 Å². The molecular weight excluding hydrogens is 293 g/mol. The van der Waals surface area contributed by atoms with E-state index < -0.39 is 6.10 Å². The van der Waals surface area contributed by atoms with Crippen LogP contribution < -0.4 is 10.6 Å². The minimum absolute atomic E-state index is 0.254. The Morgan fingerprint density at radius 1 is 1.26 bits per heavy atom. The zero-order valence-electron chi connectivity index (χ0n) is 14.1. The van der Waals surface area contributed by atoms with Crippen LogP contribution in [-0.2, 0) is 0 Å². The van der Waals surface area contributed by atoms with E-state index in [0.29, 0.717) is 11.6 Å². The lowest BCUT2D eigenvalue weighted by atomic mass is 9.87. The number of halogens is 1. The SMILES string of the molecule is CCNC(=NCC(O)c1ccc(F)cc1)NC1CCC(C)CC1. The van der Waals surface area contributed by atoms with Crippen LogP contribution >= 0.6 is 0 Å². The first kappa shape index (κ1) is 17.7. The van der Waals surface area contributed by atoms with Crippen molar-refractivity contribution in [1.82, 2.24) is 10.6 Å². The molecule has 1 aromatic rings. The molecule has 0 heterocycles. The topological polar surface area (TPSA) is 56.7 Å². The molecule has 1 saturated carbocycles. The molecule has 1 fully saturated rings. The van der Waals surface area contributed by atoms with E-state index in [2.05, 4.69) is 22.5 Å². The van der Waals surface area contributed by atoms with Gasteiger partial charge in [0.1, 0.15) is 5.82 Å². The van der Waals surface area contributed by atoms with Crippen molar-refractivity contribution in [2.24, 2.45) is 10.9 Å². The number of hydrogen-bond acceptors (Lipinski definition) is 2. The number of benzene rings is 1. The maximum absolute atomic E-state index is 12.9. The van der Waals surface area contributed by atoms with E-state index in [1.54, 1.807) is 12.1 Å². The van der Waals surface area contributed by atoms with Crippen molar-refractivity contribution >= 4 is 5.96 Å². The fourth-order valence-electron chi connectivity index (χ4n) is 2.89. The molecule has 0 saturated heterocycles. The monoisotopic (exact) mass is 321 g/mol. The average Bonchev–Trinajstić information content (AvgIpc) is 2.55. The molecule has 1 atom stereocenters. The number of nitrogens with zero attached hydrogens (tertiary/aromatic N) is 1. The van der Waals surface area contributed by atoms with E-state index in [9.17, 15) is 9.50 Å². The van der Waals surface area contributed by atoms with Crippen molar-refractivity contribution in [3.8, 4) is 0 Å². The molecule has 2 rings (SSSR count). The largest absolute Gasteiger partial charge is 0.386 e. The molecule has 0 spiro atoms. The highest BCUT2D eigenvalue weighted by Gasteiger charge is 2.19. The third-order valence-corrected chi connectivity index (χ3v) is 4.38. The number of nitrogens with one attached hydrogen (secondary N) is 2. The minimum Gasteiger partial charge on any atom is -0.386 e. The van der Waals surface area contributed by atoms with Crippen molar-refractivity contribution in [2.45, 2.75) is 51.7 Å². The van der Waals surface area contributed by atoms with Crippen LogP contribution in [0.4, 0.5) is 4.39 Å². The highest BCUT2D eigenvalue weighted by molar-refractivity contribution is 5.80. The summed E-state index contributed by atoms with van der Waals surface area (Å²) in [6.07, 6.45) is 4.08. The Bertz CT molecular complexity index is 495. The highest BCUT2D eigenvalue weighted by atomic mass is 19.1. The van der Waals surface area contributed by atoms with Crippen molar-refractivity contribution in [1.29, 1.82) is 0 Å². The summed E-state index contributed by atoms with van der Waals surface area (Å²) < 4.78 is 12.9. The first-order valence-electron chi connectivity index (χ1n) is 8.56. The molecule has 0 amide bonds. The van der Waals surface area contributed by atoms with Gasteiger partial charge in [0.15, 0.2) is 5.96 Å². The van der Waals surface area contributed by atoms with Gasteiger partial charge in [-0.05, 0) is 56.2 Å². The number of guanidine groups is 1. The number of rotatable bonds is 5. The van der Waals surface area contributed by atoms with E-state index in [0.717, 1.165) is 31.3 Å². The Morgan fingerprint density at radius 3 is 2.52 bits per heavy atom. The number of hydrogen-bond donors (Lipinski definition) is 3. The van der Waals surface area contributed by atoms with E-state index in [1.807, 2.05) is 6.92 Å². The lowest BCUT2D eigenvalue weighted by Gasteiger charge is -2.28. The average molecular weight is 321 g/mol. The van der Waals surface area contributed by atoms with Gasteiger partial charge in [-0.1, -0.05) is 19.1 Å². The summed E-state index contributed by atoms with van der Waals surface area (Å²) in [5.41, 5.74) is 0.678. The van der Waals surface area contributed by atoms with Crippen LogP contribution in [0.5, 0.6) is 0 Å². The summed E-state index contributed by atoms with van der Waals surface area (Å²) >= 11 is 0. The van der Waals surface area contributed by atoms with Gasteiger partial charge in [-0.3, -0.25) is 4.99 Å². The maximum atomic E-state index is 12.9. The van der Waals surface area contributed by atoms with E-state index in [4.69, 9.17) is 0 Å². The zero-order chi connectivity index (χ0) is 16.7. The molecule has 1 aromatic carbocycles. The molecule has 23 heavy (non-hydrogen) atoms. The second-order valence-corrected chi connectivity index (χ2v) is 6.39. The van der Waals surface area contributed by atoms with E-state index in [-0.39, 0.29) is 12.4 Å². The summed E-state index contributed by atoms with van der Waals surface area (Å²) in [6, 6.07) is 6.35. The molecule has 1 unspecified atom stereocenters. The molecule has 1 aliphatic carbocycles. The number of aliphatic hydroxyl groups is 1. The Hall–Kier alpha value is -1.62. The fraction of sp³-hybridized carbons (Fsp3) is 0.611. The zero-order valence-corrected chi connectivity index (χ0v) is 14.1. The lowest BCUT2D eigenvalue weighted by Crippen LogP contribution is -2.45. The second kappa shape index (κ2) is 8.87. The van der Waals surface area contributed by atoms with Crippen molar-refractivity contribution in [3.05, 3.63) is 35.6 Å². The van der Waals surface area contributed by atoms with Gasteiger partial charge in [-0.25, -0.2) is 4.39 Å². The summed E-state index contributed by atoms with van der Waals surface area (Å²) in [7, 11) is 0. The third kappa shape index (κ3) is 5.82. The van der Waals surface area contributed by atoms with Gasteiger partial charge in [-0.15, -0.1) is 0 Å². The van der Waals surface area contributed by atoms with Gasteiger partial charge in [0.2, 0.25) is 0 Å². The molecule has 0 aromatic heterocycles. The van der Waals surface area contributed by atoms with Crippen LogP contribution in [-0.4, -0.2) is 30.2 Å². The van der Waals surface area contributed by atoms with Crippen LogP contribution in [0.1, 0.15) is 51.2 Å². The number of aliphatic imine (C=N–C) groups is 1. The fourth-order valence-corrected chi connectivity index (χ4v) is 2.89. The van der Waals surface area contributed by atoms with Gasteiger partial charge in [-0.2, -0.15) is 0 Å². The van der Waals surface area contributed by atoms with Crippen molar-refractivity contribution in [2.75, 3.05) is 13.1 Å². The second-order valence-electron chi connectivity index (χ2n) is 6.39. The van der Waals surface area contributed by atoms with Gasteiger partial charge >= 0.3 is 0 Å². The van der Waals surface area contributed by atoms with E-state index in [1.165, 1.54) is 25.0 Å². The van der Waals surface area contributed by atoms with Crippen LogP contribution in [0.3, 0.4) is 0 Å². The van der Waals surface area contributed by atoms with Crippen LogP contribution in [0.25, 0.3) is 0 Å². The number of aliphatic hydroxyl groups excluding tert-OH is 1. The quantitative estimate of drug-likeness (QED) is 0.577. The maximum Gasteiger partial charge on any atom is 0.191 e. The van der Waals surface area contributed by atoms with Gasteiger partial charge < -0.3 is 15.7 Å². The molecule has 0 bridgehead atoms. The van der Waals surface area contributed by atoms with Crippen molar-refractivity contribution < 1.29 is 9.50 Å². The predicted molar refractivity (Wildman–Crippen MR) is 91.9 cm³/mol. The molecule has 1 aliphatic rings. The first-order valence-corrected chi connectivity index (χ1v) is 8.56. The predicted octanol–water partition coefficient (Wildman–Crippen LogP) is 2.99. The standard InChI is InChI=1S/C18H28FN3O/c1-3-20-18(22-16-10-4-13(2)5-11-16)21-12-17(23)14-6-8-15(19)9-7-14/h6-9,13,16-17,23H,3-5,10-12H2,1-2H3,(H2,20,21,22). The molecule has 4 nitrogen and oxygen atoms in total. The molecule has 0 radical (unpaired) electrons. The normalized spacial score (nSPS) is 23.4. The summed E-state index contributed by atoms with van der Waals surface area (Å²) in [5, 5.41) is 16.9.